The minimum Gasteiger partial charge on any atom is -0.376 e. The lowest BCUT2D eigenvalue weighted by molar-refractivity contribution is -0.127. The van der Waals surface area contributed by atoms with Crippen molar-refractivity contribution in [1.29, 1.82) is 0 Å². The molecule has 1 unspecified atom stereocenters. The number of carbonyl (C=O) groups excluding carboxylic acids is 1. The highest BCUT2D eigenvalue weighted by Gasteiger charge is 2.27. The standard InChI is InChI=1S/C20H25ClN4O3/c21-16-5-3-14(4-6-16)19-23-18(28-24-19)13-25-9-7-15(8-10-25)20(26)22-12-17-2-1-11-27-17/h3-6,15,17H,1-2,7-13H2,(H,22,26). The smallest absolute Gasteiger partial charge is 0.241 e. The number of ether oxygens (including phenoxy) is 1. The third kappa shape index (κ3) is 4.90. The maximum Gasteiger partial charge on any atom is 0.241 e. The minimum atomic E-state index is 0.0740. The number of piperidine rings is 1. The van der Waals surface area contributed by atoms with E-state index in [0.29, 0.717) is 29.8 Å². The summed E-state index contributed by atoms with van der Waals surface area (Å²) in [6.07, 6.45) is 4.01. The molecule has 4 rings (SSSR count). The average molecular weight is 405 g/mol. The number of aromatic nitrogens is 2. The Balaban J connectivity index is 1.23. The molecule has 2 saturated heterocycles. The molecule has 1 N–H and O–H groups in total. The van der Waals surface area contributed by atoms with Crippen LogP contribution >= 0.6 is 11.6 Å². The lowest BCUT2D eigenvalue weighted by Gasteiger charge is -2.30. The SMILES string of the molecule is O=C(NCC1CCCO1)C1CCN(Cc2nc(-c3ccc(Cl)cc3)no2)CC1. The van der Waals surface area contributed by atoms with Gasteiger partial charge in [-0.3, -0.25) is 9.69 Å². The van der Waals surface area contributed by atoms with E-state index in [9.17, 15) is 4.79 Å². The van der Waals surface area contributed by atoms with E-state index < -0.39 is 0 Å². The zero-order chi connectivity index (χ0) is 19.3. The van der Waals surface area contributed by atoms with Crippen molar-refractivity contribution in [3.63, 3.8) is 0 Å². The van der Waals surface area contributed by atoms with Gasteiger partial charge in [0.2, 0.25) is 17.6 Å². The van der Waals surface area contributed by atoms with Crippen LogP contribution in [0.15, 0.2) is 28.8 Å². The predicted molar refractivity (Wildman–Crippen MR) is 105 cm³/mol. The molecule has 2 aromatic rings. The van der Waals surface area contributed by atoms with Crippen LogP contribution in [0.3, 0.4) is 0 Å². The van der Waals surface area contributed by atoms with E-state index in [1.165, 1.54) is 0 Å². The van der Waals surface area contributed by atoms with Gasteiger partial charge in [-0.2, -0.15) is 4.98 Å². The molecule has 2 fully saturated rings. The molecule has 0 radical (unpaired) electrons. The van der Waals surface area contributed by atoms with Crippen molar-refractivity contribution in [2.45, 2.75) is 38.3 Å². The number of nitrogens with zero attached hydrogens (tertiary/aromatic N) is 3. The molecular formula is C20H25ClN4O3. The van der Waals surface area contributed by atoms with Crippen LogP contribution in [0.5, 0.6) is 0 Å². The number of nitrogens with one attached hydrogen (secondary N) is 1. The Hall–Kier alpha value is -1.96. The second-order valence-electron chi connectivity index (χ2n) is 7.45. The van der Waals surface area contributed by atoms with Crippen molar-refractivity contribution in [2.75, 3.05) is 26.2 Å². The van der Waals surface area contributed by atoms with E-state index in [2.05, 4.69) is 20.4 Å². The summed E-state index contributed by atoms with van der Waals surface area (Å²) in [5.41, 5.74) is 0.876. The van der Waals surface area contributed by atoms with E-state index >= 15 is 0 Å². The van der Waals surface area contributed by atoms with E-state index in [-0.39, 0.29) is 17.9 Å². The first kappa shape index (κ1) is 19.4. The maximum atomic E-state index is 12.4. The normalized spacial score (nSPS) is 21.1. The number of likely N-dealkylation sites (tertiary alicyclic amines) is 1. The lowest BCUT2D eigenvalue weighted by Crippen LogP contribution is -2.42. The van der Waals surface area contributed by atoms with E-state index in [4.69, 9.17) is 20.9 Å². The number of hydrogen-bond acceptors (Lipinski definition) is 6. The Kier molecular flexibility index (Phi) is 6.24. The van der Waals surface area contributed by atoms with E-state index in [0.717, 1.165) is 50.9 Å². The lowest BCUT2D eigenvalue weighted by atomic mass is 9.96. The van der Waals surface area contributed by atoms with Gasteiger partial charge in [-0.15, -0.1) is 0 Å². The molecular weight excluding hydrogens is 380 g/mol. The first-order valence-corrected chi connectivity index (χ1v) is 10.3. The van der Waals surface area contributed by atoms with Crippen LogP contribution in [0.25, 0.3) is 11.4 Å². The number of carbonyl (C=O) groups is 1. The van der Waals surface area contributed by atoms with Crippen LogP contribution in [0.2, 0.25) is 5.02 Å². The minimum absolute atomic E-state index is 0.0740. The fourth-order valence-corrected chi connectivity index (χ4v) is 3.87. The molecule has 0 bridgehead atoms. The van der Waals surface area contributed by atoms with Crippen molar-refractivity contribution in [3.05, 3.63) is 35.2 Å². The van der Waals surface area contributed by atoms with Crippen molar-refractivity contribution in [2.24, 2.45) is 5.92 Å². The van der Waals surface area contributed by atoms with Gasteiger partial charge in [0.25, 0.3) is 0 Å². The number of hydrogen-bond donors (Lipinski definition) is 1. The topological polar surface area (TPSA) is 80.5 Å². The van der Waals surface area contributed by atoms with E-state index in [1.807, 2.05) is 24.3 Å². The van der Waals surface area contributed by atoms with Crippen LogP contribution in [0.1, 0.15) is 31.6 Å². The molecule has 0 aliphatic carbocycles. The monoisotopic (exact) mass is 404 g/mol. The highest BCUT2D eigenvalue weighted by Crippen LogP contribution is 2.22. The van der Waals surface area contributed by atoms with Crippen molar-refractivity contribution in [1.82, 2.24) is 20.4 Å². The average Bonchev–Trinajstić information content (AvgIpc) is 3.39. The van der Waals surface area contributed by atoms with Gasteiger partial charge < -0.3 is 14.6 Å². The van der Waals surface area contributed by atoms with Gasteiger partial charge in [0, 0.05) is 29.7 Å². The predicted octanol–water partition coefficient (Wildman–Crippen LogP) is 2.90. The van der Waals surface area contributed by atoms with Crippen LogP contribution < -0.4 is 5.32 Å². The summed E-state index contributed by atoms with van der Waals surface area (Å²) < 4.78 is 11.0. The van der Waals surface area contributed by atoms with Crippen LogP contribution in [0.4, 0.5) is 0 Å². The highest BCUT2D eigenvalue weighted by atomic mass is 35.5. The molecule has 1 aromatic heterocycles. The Bertz CT molecular complexity index is 781. The van der Waals surface area contributed by atoms with Crippen LogP contribution in [0, 0.1) is 5.92 Å². The molecule has 150 valence electrons. The number of rotatable bonds is 6. The number of halogens is 1. The molecule has 3 heterocycles. The Morgan fingerprint density at radius 2 is 2.00 bits per heavy atom. The zero-order valence-electron chi connectivity index (χ0n) is 15.8. The highest BCUT2D eigenvalue weighted by molar-refractivity contribution is 6.30. The largest absolute Gasteiger partial charge is 0.376 e. The number of benzene rings is 1. The summed E-state index contributed by atoms with van der Waals surface area (Å²) in [6, 6.07) is 7.36. The van der Waals surface area contributed by atoms with Gasteiger partial charge >= 0.3 is 0 Å². The first-order chi connectivity index (χ1) is 13.7. The van der Waals surface area contributed by atoms with Crippen LogP contribution in [-0.2, 0) is 16.1 Å². The zero-order valence-corrected chi connectivity index (χ0v) is 16.5. The molecule has 28 heavy (non-hydrogen) atoms. The molecule has 2 aliphatic rings. The Morgan fingerprint density at radius 3 is 2.71 bits per heavy atom. The maximum absolute atomic E-state index is 12.4. The molecule has 8 heteroatoms. The molecule has 2 aliphatic heterocycles. The molecule has 0 saturated carbocycles. The summed E-state index contributed by atoms with van der Waals surface area (Å²) >= 11 is 5.91. The molecule has 1 atom stereocenters. The summed E-state index contributed by atoms with van der Waals surface area (Å²) in [5.74, 6) is 1.38. The van der Waals surface area contributed by atoms with E-state index in [1.54, 1.807) is 0 Å². The summed E-state index contributed by atoms with van der Waals surface area (Å²) in [5, 5.41) is 7.78. The van der Waals surface area contributed by atoms with Gasteiger partial charge in [-0.1, -0.05) is 16.8 Å². The van der Waals surface area contributed by atoms with Crippen molar-refractivity contribution < 1.29 is 14.1 Å². The van der Waals surface area contributed by atoms with Crippen molar-refractivity contribution in [3.8, 4) is 11.4 Å². The summed E-state index contributed by atoms with van der Waals surface area (Å²) in [7, 11) is 0. The van der Waals surface area contributed by atoms with Crippen molar-refractivity contribution >= 4 is 17.5 Å². The fourth-order valence-electron chi connectivity index (χ4n) is 3.74. The molecule has 1 amide bonds. The third-order valence-electron chi connectivity index (χ3n) is 5.42. The van der Waals surface area contributed by atoms with Gasteiger partial charge in [-0.25, -0.2) is 0 Å². The molecule has 0 spiro atoms. The van der Waals surface area contributed by atoms with Crippen LogP contribution in [-0.4, -0.2) is 53.3 Å². The van der Waals surface area contributed by atoms with Gasteiger partial charge in [0.05, 0.1) is 12.6 Å². The first-order valence-electron chi connectivity index (χ1n) is 9.87. The van der Waals surface area contributed by atoms with Gasteiger partial charge in [-0.05, 0) is 63.0 Å². The second kappa shape index (κ2) is 9.03. The fraction of sp³-hybridized carbons (Fsp3) is 0.550. The molecule has 1 aromatic carbocycles. The molecule has 7 nitrogen and oxygen atoms in total. The van der Waals surface area contributed by atoms with Gasteiger partial charge in [0.1, 0.15) is 0 Å². The summed E-state index contributed by atoms with van der Waals surface area (Å²) in [6.45, 7) is 3.74. The quantitative estimate of drug-likeness (QED) is 0.797. The third-order valence-corrected chi connectivity index (χ3v) is 5.67. The number of amides is 1. The van der Waals surface area contributed by atoms with Gasteiger partial charge in [0.15, 0.2) is 0 Å². The Morgan fingerprint density at radius 1 is 1.21 bits per heavy atom. The summed E-state index contributed by atoms with van der Waals surface area (Å²) in [4.78, 5) is 19.1. The second-order valence-corrected chi connectivity index (χ2v) is 7.89. The Labute approximate surface area is 169 Å².